The Labute approximate surface area is 189 Å². The first kappa shape index (κ1) is 22.3. The molecule has 0 spiro atoms. The summed E-state index contributed by atoms with van der Waals surface area (Å²) in [5, 5.41) is 10.4. The highest BCUT2D eigenvalue weighted by molar-refractivity contribution is 5.88. The van der Waals surface area contributed by atoms with Gasteiger partial charge in [-0.1, -0.05) is 6.07 Å². The lowest BCUT2D eigenvalue weighted by Gasteiger charge is -2.31. The van der Waals surface area contributed by atoms with Gasteiger partial charge in [-0.2, -0.15) is 5.26 Å². The zero-order chi connectivity index (χ0) is 22.7. The average molecular weight is 436 g/mol. The molecule has 0 aliphatic carbocycles. The van der Waals surface area contributed by atoms with Crippen LogP contribution in [0.4, 0.5) is 0 Å². The largest absolute Gasteiger partial charge is 0.345 e. The van der Waals surface area contributed by atoms with E-state index in [2.05, 4.69) is 23.6 Å². The molecule has 0 saturated carbocycles. The summed E-state index contributed by atoms with van der Waals surface area (Å²) in [6.45, 7) is 4.74. The molecule has 170 valence electrons. The fourth-order valence-electron chi connectivity index (χ4n) is 5.48. The highest BCUT2D eigenvalue weighted by Crippen LogP contribution is 2.29. The minimum atomic E-state index is -0.318. The Morgan fingerprint density at radius 3 is 2.69 bits per heavy atom. The molecule has 2 fully saturated rings. The Hall–Kier alpha value is -2.85. The van der Waals surface area contributed by atoms with Gasteiger partial charge in [0.25, 0.3) is 0 Å². The standard InChI is InChI=1S/C25H33N5O2/c1-2-28-21(16-19-8-7-18(17-27)15-23(19)28)10-9-20-5-3-13-29(20)25(32)22-6-4-14-30(22)24(31)11-12-26/h7-8,15-16,20,22H,2-6,9-14,26H2,1H3. The zero-order valence-corrected chi connectivity index (χ0v) is 18.9. The Balaban J connectivity index is 1.46. The second kappa shape index (κ2) is 9.74. The van der Waals surface area contributed by atoms with Crippen LogP contribution in [0.1, 0.15) is 56.7 Å². The van der Waals surface area contributed by atoms with Gasteiger partial charge in [0.15, 0.2) is 0 Å². The first-order valence-electron chi connectivity index (χ1n) is 11.9. The van der Waals surface area contributed by atoms with Crippen molar-refractivity contribution in [3.8, 4) is 6.07 Å². The maximum atomic E-state index is 13.4. The van der Waals surface area contributed by atoms with E-state index < -0.39 is 0 Å². The summed E-state index contributed by atoms with van der Waals surface area (Å²) >= 11 is 0. The summed E-state index contributed by atoms with van der Waals surface area (Å²) in [4.78, 5) is 29.6. The summed E-state index contributed by atoms with van der Waals surface area (Å²) in [5.74, 6) is 0.119. The van der Waals surface area contributed by atoms with Crippen molar-refractivity contribution in [2.45, 2.75) is 70.5 Å². The first-order valence-corrected chi connectivity index (χ1v) is 11.9. The Kier molecular flexibility index (Phi) is 6.80. The maximum absolute atomic E-state index is 13.4. The third-order valence-corrected chi connectivity index (χ3v) is 7.05. The number of carbonyl (C=O) groups excluding carboxylic acids is 2. The first-order chi connectivity index (χ1) is 15.6. The quantitative estimate of drug-likeness (QED) is 0.723. The van der Waals surface area contributed by atoms with E-state index in [9.17, 15) is 14.9 Å². The molecule has 4 rings (SSSR count). The molecule has 2 aliphatic rings. The molecule has 7 nitrogen and oxygen atoms in total. The number of benzene rings is 1. The number of rotatable bonds is 7. The number of carbonyl (C=O) groups is 2. The van der Waals surface area contributed by atoms with Crippen molar-refractivity contribution in [2.75, 3.05) is 19.6 Å². The Morgan fingerprint density at radius 2 is 1.94 bits per heavy atom. The van der Waals surface area contributed by atoms with Gasteiger partial charge in [0, 0.05) is 49.9 Å². The zero-order valence-electron chi connectivity index (χ0n) is 18.9. The van der Waals surface area contributed by atoms with E-state index >= 15 is 0 Å². The summed E-state index contributed by atoms with van der Waals surface area (Å²) in [6, 6.07) is 10.2. The molecule has 7 heteroatoms. The number of amides is 2. The van der Waals surface area contributed by atoms with Gasteiger partial charge < -0.3 is 20.1 Å². The summed E-state index contributed by atoms with van der Waals surface area (Å²) in [7, 11) is 0. The van der Waals surface area contributed by atoms with Gasteiger partial charge in [-0.15, -0.1) is 0 Å². The third kappa shape index (κ3) is 4.24. The van der Waals surface area contributed by atoms with Gasteiger partial charge in [0.05, 0.1) is 11.6 Å². The lowest BCUT2D eigenvalue weighted by molar-refractivity contribution is -0.144. The number of nitriles is 1. The van der Waals surface area contributed by atoms with Crippen LogP contribution in [0, 0.1) is 11.3 Å². The van der Waals surface area contributed by atoms with E-state index in [1.54, 1.807) is 4.90 Å². The van der Waals surface area contributed by atoms with Crippen molar-refractivity contribution in [3.05, 3.63) is 35.5 Å². The van der Waals surface area contributed by atoms with E-state index in [1.165, 1.54) is 5.69 Å². The molecule has 32 heavy (non-hydrogen) atoms. The molecule has 2 unspecified atom stereocenters. The van der Waals surface area contributed by atoms with Crippen LogP contribution in [0.5, 0.6) is 0 Å². The van der Waals surface area contributed by atoms with Crippen molar-refractivity contribution >= 4 is 22.7 Å². The van der Waals surface area contributed by atoms with Gasteiger partial charge >= 0.3 is 0 Å². The smallest absolute Gasteiger partial charge is 0.245 e. The van der Waals surface area contributed by atoms with Crippen molar-refractivity contribution in [2.24, 2.45) is 5.73 Å². The molecule has 2 saturated heterocycles. The number of likely N-dealkylation sites (tertiary alicyclic amines) is 2. The summed E-state index contributed by atoms with van der Waals surface area (Å²) in [6.07, 6.45) is 5.77. The van der Waals surface area contributed by atoms with Gasteiger partial charge in [-0.3, -0.25) is 9.59 Å². The van der Waals surface area contributed by atoms with E-state index in [1.807, 2.05) is 23.1 Å². The van der Waals surface area contributed by atoms with Crippen LogP contribution in [0.25, 0.3) is 10.9 Å². The molecule has 2 N–H and O–H groups in total. The minimum absolute atomic E-state index is 0.00305. The van der Waals surface area contributed by atoms with E-state index in [0.29, 0.717) is 25.1 Å². The highest BCUT2D eigenvalue weighted by atomic mass is 16.2. The predicted molar refractivity (Wildman–Crippen MR) is 124 cm³/mol. The topological polar surface area (TPSA) is 95.4 Å². The minimum Gasteiger partial charge on any atom is -0.345 e. The van der Waals surface area contributed by atoms with Crippen molar-refractivity contribution in [3.63, 3.8) is 0 Å². The second-order valence-corrected chi connectivity index (χ2v) is 8.92. The number of nitrogens with zero attached hydrogens (tertiary/aromatic N) is 4. The van der Waals surface area contributed by atoms with Gasteiger partial charge in [-0.25, -0.2) is 0 Å². The van der Waals surface area contributed by atoms with Gasteiger partial charge in [-0.05, 0) is 69.0 Å². The molecule has 3 heterocycles. The molecule has 2 aromatic rings. The van der Waals surface area contributed by atoms with E-state index in [0.717, 1.165) is 62.5 Å². The molecule has 2 aliphatic heterocycles. The fourth-order valence-corrected chi connectivity index (χ4v) is 5.48. The normalized spacial score (nSPS) is 20.8. The lowest BCUT2D eigenvalue weighted by Crippen LogP contribution is -2.49. The van der Waals surface area contributed by atoms with Gasteiger partial charge in [0.2, 0.25) is 11.8 Å². The van der Waals surface area contributed by atoms with Crippen LogP contribution in [0.3, 0.4) is 0 Å². The third-order valence-electron chi connectivity index (χ3n) is 7.05. The van der Waals surface area contributed by atoms with Crippen molar-refractivity contribution in [1.29, 1.82) is 5.26 Å². The molecule has 2 amide bonds. The average Bonchev–Trinajstić information content (AvgIpc) is 3.54. The maximum Gasteiger partial charge on any atom is 0.245 e. The number of nitrogens with two attached hydrogens (primary N) is 1. The van der Waals surface area contributed by atoms with Crippen LogP contribution in [-0.4, -0.2) is 57.9 Å². The molecule has 1 aromatic heterocycles. The number of aryl methyl sites for hydroxylation is 2. The number of hydrogen-bond donors (Lipinski definition) is 1. The van der Waals surface area contributed by atoms with Crippen molar-refractivity contribution < 1.29 is 9.59 Å². The van der Waals surface area contributed by atoms with Crippen LogP contribution in [-0.2, 0) is 22.6 Å². The van der Waals surface area contributed by atoms with Gasteiger partial charge in [0.1, 0.15) is 6.04 Å². The molecule has 1 aromatic carbocycles. The summed E-state index contributed by atoms with van der Waals surface area (Å²) < 4.78 is 2.28. The molecular weight excluding hydrogens is 402 g/mol. The Morgan fingerprint density at radius 1 is 1.16 bits per heavy atom. The predicted octanol–water partition coefficient (Wildman–Crippen LogP) is 2.80. The number of aromatic nitrogens is 1. The van der Waals surface area contributed by atoms with Crippen LogP contribution < -0.4 is 5.73 Å². The van der Waals surface area contributed by atoms with Crippen LogP contribution >= 0.6 is 0 Å². The second-order valence-electron chi connectivity index (χ2n) is 8.92. The molecule has 2 atom stereocenters. The fraction of sp³-hybridized carbons (Fsp3) is 0.560. The van der Waals surface area contributed by atoms with E-state index in [-0.39, 0.29) is 23.9 Å². The number of hydrogen-bond acceptors (Lipinski definition) is 4. The molecule has 0 bridgehead atoms. The van der Waals surface area contributed by atoms with Crippen LogP contribution in [0.2, 0.25) is 0 Å². The Bertz CT molecular complexity index is 1040. The SMILES string of the molecule is CCn1c(CCC2CCCN2C(=O)C2CCCN2C(=O)CCN)cc2ccc(C#N)cc21. The van der Waals surface area contributed by atoms with E-state index in [4.69, 9.17) is 5.73 Å². The molecule has 0 radical (unpaired) electrons. The summed E-state index contributed by atoms with van der Waals surface area (Å²) in [5.41, 5.74) is 8.59. The molecular formula is C25H33N5O2. The van der Waals surface area contributed by atoms with Crippen LogP contribution in [0.15, 0.2) is 24.3 Å². The van der Waals surface area contributed by atoms with Crippen molar-refractivity contribution in [1.82, 2.24) is 14.4 Å². The highest BCUT2D eigenvalue weighted by Gasteiger charge is 2.39. The monoisotopic (exact) mass is 435 g/mol. The number of fused-ring (bicyclic) bond motifs is 1. The lowest BCUT2D eigenvalue weighted by atomic mass is 10.1.